The van der Waals surface area contributed by atoms with Gasteiger partial charge in [-0.05, 0) is 19.1 Å². The number of para-hydroxylation sites is 1. The van der Waals surface area contributed by atoms with Gasteiger partial charge in [0.05, 0.1) is 29.7 Å². The highest BCUT2D eigenvalue weighted by Gasteiger charge is 2.59. The number of aliphatic hydroxyl groups is 1. The number of thiazole rings is 1. The fraction of sp³-hybridized carbons (Fsp3) is 0.391. The molecule has 4 atom stereocenters. The lowest BCUT2D eigenvalue weighted by atomic mass is 9.79. The first-order chi connectivity index (χ1) is 16.3. The van der Waals surface area contributed by atoms with Gasteiger partial charge in [-0.2, -0.15) is 0 Å². The molecule has 0 unspecified atom stereocenters. The number of aromatic nitrogens is 1. The van der Waals surface area contributed by atoms with E-state index < -0.39 is 18.0 Å². The van der Waals surface area contributed by atoms with Gasteiger partial charge in [0.2, 0.25) is 5.91 Å². The number of carboxylic acid groups (broad SMARTS) is 1. The molecule has 9 nitrogen and oxygen atoms in total. The number of nitrogens with one attached hydrogen (secondary N) is 1. The van der Waals surface area contributed by atoms with Gasteiger partial charge in [-0.15, -0.1) is 23.1 Å². The lowest BCUT2D eigenvalue weighted by molar-refractivity contribution is -0.301. The standard InChI is InChI=1S/C23H24N4O5S2/c1-11-17-16(12(2)28)21(30)27(17)18(22(31)32)19(11)34-14-8-26(9-14)23-25-15(10-33-23)20(29)24-13-6-4-3-5-7-13/h3-7,10-12,14,16-17,28H,8-9H2,1-2H3,(H,24,29)(H,31,32)/p-1/t11-,12-,16-,17-/m1/s1. The van der Waals surface area contributed by atoms with Crippen LogP contribution in [0.1, 0.15) is 24.3 Å². The Morgan fingerprint density at radius 1 is 1.29 bits per heavy atom. The molecule has 11 heteroatoms. The first-order valence-corrected chi connectivity index (χ1v) is 12.7. The van der Waals surface area contributed by atoms with Crippen molar-refractivity contribution in [3.05, 3.63) is 52.0 Å². The largest absolute Gasteiger partial charge is 0.543 e. The summed E-state index contributed by atoms with van der Waals surface area (Å²) in [4.78, 5) is 45.2. The van der Waals surface area contributed by atoms with Crippen LogP contribution in [0.3, 0.4) is 0 Å². The number of carboxylic acids is 1. The van der Waals surface area contributed by atoms with E-state index in [0.717, 1.165) is 5.13 Å². The summed E-state index contributed by atoms with van der Waals surface area (Å²) >= 11 is 2.84. The Labute approximate surface area is 204 Å². The molecule has 0 spiro atoms. The van der Waals surface area contributed by atoms with E-state index in [0.29, 0.717) is 29.4 Å². The maximum Gasteiger partial charge on any atom is 0.275 e. The van der Waals surface area contributed by atoms with E-state index in [4.69, 9.17) is 0 Å². The highest BCUT2D eigenvalue weighted by Crippen LogP contribution is 2.52. The highest BCUT2D eigenvalue weighted by molar-refractivity contribution is 8.03. The van der Waals surface area contributed by atoms with Gasteiger partial charge in [-0.1, -0.05) is 25.1 Å². The lowest BCUT2D eigenvalue weighted by Crippen LogP contribution is -2.64. The molecule has 2 fully saturated rings. The van der Waals surface area contributed by atoms with Gasteiger partial charge in [0.25, 0.3) is 5.91 Å². The zero-order chi connectivity index (χ0) is 24.1. The average Bonchev–Trinajstić information content (AvgIpc) is 3.33. The molecule has 0 aliphatic carbocycles. The Morgan fingerprint density at radius 3 is 2.65 bits per heavy atom. The second kappa shape index (κ2) is 8.71. The number of thioether (sulfide) groups is 1. The minimum Gasteiger partial charge on any atom is -0.543 e. The molecule has 4 heterocycles. The van der Waals surface area contributed by atoms with Crippen molar-refractivity contribution >= 4 is 51.7 Å². The lowest BCUT2D eigenvalue weighted by Gasteiger charge is -2.47. The van der Waals surface area contributed by atoms with Crippen LogP contribution in [0.25, 0.3) is 0 Å². The summed E-state index contributed by atoms with van der Waals surface area (Å²) in [5.74, 6) is -2.76. The van der Waals surface area contributed by atoms with E-state index in [1.807, 2.05) is 42.2 Å². The van der Waals surface area contributed by atoms with Crippen molar-refractivity contribution in [2.75, 3.05) is 23.3 Å². The molecule has 3 aliphatic rings. The van der Waals surface area contributed by atoms with Gasteiger partial charge in [0.1, 0.15) is 5.69 Å². The van der Waals surface area contributed by atoms with Crippen LogP contribution in [-0.2, 0) is 9.59 Å². The number of nitrogens with zero attached hydrogens (tertiary/aromatic N) is 3. The molecule has 2 saturated heterocycles. The number of aliphatic carboxylic acids is 1. The topological polar surface area (TPSA) is 126 Å². The highest BCUT2D eigenvalue weighted by atomic mass is 32.2. The smallest absolute Gasteiger partial charge is 0.275 e. The van der Waals surface area contributed by atoms with Crippen LogP contribution in [0, 0.1) is 11.8 Å². The van der Waals surface area contributed by atoms with E-state index >= 15 is 0 Å². The molecule has 2 aromatic rings. The van der Waals surface area contributed by atoms with Gasteiger partial charge in [-0.25, -0.2) is 4.98 Å². The van der Waals surface area contributed by atoms with E-state index in [1.54, 1.807) is 12.3 Å². The molecule has 34 heavy (non-hydrogen) atoms. The summed E-state index contributed by atoms with van der Waals surface area (Å²) in [6.07, 6.45) is -0.832. The van der Waals surface area contributed by atoms with Crippen molar-refractivity contribution in [1.82, 2.24) is 9.88 Å². The Morgan fingerprint density at radius 2 is 2.00 bits per heavy atom. The third kappa shape index (κ3) is 3.77. The van der Waals surface area contributed by atoms with Crippen molar-refractivity contribution in [2.45, 2.75) is 31.2 Å². The fourth-order valence-corrected chi connectivity index (χ4v) is 7.09. The maximum atomic E-state index is 12.5. The summed E-state index contributed by atoms with van der Waals surface area (Å²) in [5.41, 5.74) is 0.988. The zero-order valence-corrected chi connectivity index (χ0v) is 20.1. The minimum atomic E-state index is -1.36. The summed E-state index contributed by atoms with van der Waals surface area (Å²) in [6, 6.07) is 8.83. The van der Waals surface area contributed by atoms with Crippen molar-refractivity contribution in [3.8, 4) is 0 Å². The van der Waals surface area contributed by atoms with Gasteiger partial charge in [-0.3, -0.25) is 9.59 Å². The van der Waals surface area contributed by atoms with Gasteiger partial charge < -0.3 is 30.1 Å². The molecule has 2 N–H and O–H groups in total. The van der Waals surface area contributed by atoms with Crippen LogP contribution in [0.4, 0.5) is 10.8 Å². The Bertz CT molecular complexity index is 1180. The molecule has 178 valence electrons. The molecule has 0 radical (unpaired) electrons. The number of hydrogen-bond acceptors (Lipinski definition) is 9. The summed E-state index contributed by atoms with van der Waals surface area (Å²) < 4.78 is 0. The van der Waals surface area contributed by atoms with E-state index in [1.165, 1.54) is 28.0 Å². The number of benzene rings is 1. The quantitative estimate of drug-likeness (QED) is 0.543. The number of β-lactam (4-membered cyclic amide) rings is 1. The zero-order valence-electron chi connectivity index (χ0n) is 18.5. The summed E-state index contributed by atoms with van der Waals surface area (Å²) in [7, 11) is 0. The third-order valence-corrected chi connectivity index (χ3v) is 8.82. The second-order valence-electron chi connectivity index (χ2n) is 8.73. The van der Waals surface area contributed by atoms with Crippen LogP contribution < -0.4 is 15.3 Å². The monoisotopic (exact) mass is 499 g/mol. The first kappa shape index (κ1) is 22.9. The Kier molecular flexibility index (Phi) is 5.86. The summed E-state index contributed by atoms with van der Waals surface area (Å²) in [5, 5.41) is 27.2. The number of hydrogen-bond donors (Lipinski definition) is 2. The van der Waals surface area contributed by atoms with Crippen molar-refractivity contribution < 1.29 is 24.6 Å². The third-order valence-electron chi connectivity index (χ3n) is 6.47. The summed E-state index contributed by atoms with van der Waals surface area (Å²) in [6.45, 7) is 4.75. The molecule has 0 saturated carbocycles. The van der Waals surface area contributed by atoms with Gasteiger partial charge in [0, 0.05) is 40.2 Å². The Balaban J connectivity index is 1.22. The first-order valence-electron chi connectivity index (χ1n) is 11.0. The number of fused-ring (bicyclic) bond motifs is 1. The molecular weight excluding hydrogens is 476 g/mol. The van der Waals surface area contributed by atoms with Crippen molar-refractivity contribution in [3.63, 3.8) is 0 Å². The number of aliphatic hydroxyl groups excluding tert-OH is 1. The fourth-order valence-electron chi connectivity index (χ4n) is 4.75. The van der Waals surface area contributed by atoms with Crippen molar-refractivity contribution in [2.24, 2.45) is 11.8 Å². The van der Waals surface area contributed by atoms with E-state index in [2.05, 4.69) is 10.3 Å². The molecule has 1 aromatic carbocycles. The molecule has 2 amide bonds. The van der Waals surface area contributed by atoms with Crippen LogP contribution in [-0.4, -0.2) is 63.3 Å². The molecule has 5 rings (SSSR count). The predicted octanol–water partition coefficient (Wildman–Crippen LogP) is 1.14. The average molecular weight is 500 g/mol. The SMILES string of the molecule is C[C@@H](O)[C@H]1C(=O)N2C(C(=O)[O-])=C(SC3CN(c4nc(C(=O)Nc5ccccc5)cs4)C3)[C@H](C)[C@H]12. The number of amides is 2. The predicted molar refractivity (Wildman–Crippen MR) is 127 cm³/mol. The van der Waals surface area contributed by atoms with Crippen molar-refractivity contribution in [1.29, 1.82) is 0 Å². The van der Waals surface area contributed by atoms with Crippen LogP contribution in [0.2, 0.25) is 0 Å². The van der Waals surface area contributed by atoms with E-state index in [-0.39, 0.29) is 34.7 Å². The second-order valence-corrected chi connectivity index (χ2v) is 10.9. The Hall–Kier alpha value is -2.89. The van der Waals surface area contributed by atoms with Crippen LogP contribution in [0.15, 0.2) is 46.3 Å². The molecule has 3 aliphatic heterocycles. The van der Waals surface area contributed by atoms with E-state index in [9.17, 15) is 24.6 Å². The molecule has 1 aromatic heterocycles. The van der Waals surface area contributed by atoms with Gasteiger partial charge >= 0.3 is 0 Å². The van der Waals surface area contributed by atoms with Crippen LogP contribution >= 0.6 is 23.1 Å². The van der Waals surface area contributed by atoms with Crippen LogP contribution in [0.5, 0.6) is 0 Å². The number of carbonyl (C=O) groups excluding carboxylic acids is 3. The maximum absolute atomic E-state index is 12.5. The molecular formula is C23H23N4O5S2-. The number of carbonyl (C=O) groups is 3. The molecule has 0 bridgehead atoms. The normalized spacial score (nSPS) is 25.0. The van der Waals surface area contributed by atoms with Gasteiger partial charge in [0.15, 0.2) is 5.13 Å². The minimum absolute atomic E-state index is 0.0584. The number of rotatable bonds is 7. The number of anilines is 2.